The number of halogens is 3. The molecule has 1 aliphatic heterocycles. The lowest BCUT2D eigenvalue weighted by atomic mass is 10.2. The molecule has 0 unspecified atom stereocenters. The van der Waals surface area contributed by atoms with Gasteiger partial charge in [-0.05, 0) is 18.2 Å². The molecule has 1 saturated heterocycles. The summed E-state index contributed by atoms with van der Waals surface area (Å²) in [7, 11) is 0. The molecule has 0 N–H and O–H groups in total. The lowest BCUT2D eigenvalue weighted by Gasteiger charge is -2.36. The molecule has 3 heterocycles. The summed E-state index contributed by atoms with van der Waals surface area (Å²) in [5, 5.41) is 0. The lowest BCUT2D eigenvalue weighted by Crippen LogP contribution is -2.47. The molecule has 116 valence electrons. The number of aromatic nitrogens is 3. The highest BCUT2D eigenvalue weighted by Gasteiger charge is 2.33. The zero-order valence-corrected chi connectivity index (χ0v) is 11.7. The Kier molecular flexibility index (Phi) is 3.82. The number of hydrogen-bond acceptors (Lipinski definition) is 5. The minimum atomic E-state index is -4.42. The molecule has 0 radical (unpaired) electrons. The molecule has 1 fully saturated rings. The number of pyridine rings is 1. The molecule has 8 heteroatoms. The standard InChI is InChI=1S/C14H14F3N5/c15-14(16,17)12-10-11(2-5-18-12)21-6-8-22(9-7-21)13-19-3-1-4-20-13/h1-5,10H,6-9H2. The van der Waals surface area contributed by atoms with Crippen LogP contribution in [0, 0.1) is 0 Å². The maximum atomic E-state index is 12.7. The summed E-state index contributed by atoms with van der Waals surface area (Å²) in [5.41, 5.74) is -0.324. The first-order chi connectivity index (χ1) is 10.5. The first kappa shape index (κ1) is 14.6. The van der Waals surface area contributed by atoms with Crippen LogP contribution in [0.15, 0.2) is 36.8 Å². The Balaban J connectivity index is 1.69. The van der Waals surface area contributed by atoms with Gasteiger partial charge < -0.3 is 9.80 Å². The van der Waals surface area contributed by atoms with Crippen molar-refractivity contribution in [1.82, 2.24) is 15.0 Å². The quantitative estimate of drug-likeness (QED) is 0.851. The van der Waals surface area contributed by atoms with Crippen LogP contribution in [0.3, 0.4) is 0 Å². The molecule has 0 aromatic carbocycles. The second-order valence-electron chi connectivity index (χ2n) is 4.92. The number of piperazine rings is 1. The van der Waals surface area contributed by atoms with Gasteiger partial charge in [0.15, 0.2) is 0 Å². The monoisotopic (exact) mass is 309 g/mol. The summed E-state index contributed by atoms with van der Waals surface area (Å²) >= 11 is 0. The predicted molar refractivity (Wildman–Crippen MR) is 75.7 cm³/mol. The van der Waals surface area contributed by atoms with E-state index in [9.17, 15) is 13.2 Å². The van der Waals surface area contributed by atoms with E-state index in [2.05, 4.69) is 15.0 Å². The van der Waals surface area contributed by atoms with Crippen molar-refractivity contribution in [3.63, 3.8) is 0 Å². The van der Waals surface area contributed by atoms with Crippen molar-refractivity contribution in [2.75, 3.05) is 36.0 Å². The maximum Gasteiger partial charge on any atom is 0.433 e. The minimum Gasteiger partial charge on any atom is -0.368 e. The topological polar surface area (TPSA) is 45.2 Å². The summed E-state index contributed by atoms with van der Waals surface area (Å²) in [6.07, 6.45) is 0.126. The van der Waals surface area contributed by atoms with Gasteiger partial charge in [-0.25, -0.2) is 9.97 Å². The van der Waals surface area contributed by atoms with E-state index in [-0.39, 0.29) is 0 Å². The fraction of sp³-hybridized carbons (Fsp3) is 0.357. The number of rotatable bonds is 2. The summed E-state index contributed by atoms with van der Waals surface area (Å²) in [6.45, 7) is 2.54. The SMILES string of the molecule is FC(F)(F)c1cc(N2CCN(c3ncccn3)CC2)ccn1. The summed E-state index contributed by atoms with van der Waals surface area (Å²) in [4.78, 5) is 15.7. The Labute approximate surface area is 125 Å². The van der Waals surface area contributed by atoms with E-state index < -0.39 is 11.9 Å². The second-order valence-corrected chi connectivity index (χ2v) is 4.92. The Hall–Kier alpha value is -2.38. The van der Waals surface area contributed by atoms with E-state index in [1.807, 2.05) is 9.80 Å². The van der Waals surface area contributed by atoms with Crippen LogP contribution in [0.5, 0.6) is 0 Å². The molecular formula is C14H14F3N5. The third kappa shape index (κ3) is 3.10. The molecule has 2 aromatic heterocycles. The highest BCUT2D eigenvalue weighted by Crippen LogP contribution is 2.30. The zero-order chi connectivity index (χ0) is 15.6. The summed E-state index contributed by atoms with van der Waals surface area (Å²) < 4.78 is 38.1. The fourth-order valence-corrected chi connectivity index (χ4v) is 2.39. The van der Waals surface area contributed by atoms with Gasteiger partial charge in [0, 0.05) is 50.5 Å². The maximum absolute atomic E-state index is 12.7. The molecule has 0 atom stereocenters. The van der Waals surface area contributed by atoms with Gasteiger partial charge in [-0.1, -0.05) is 0 Å². The smallest absolute Gasteiger partial charge is 0.368 e. The molecule has 3 rings (SSSR count). The molecular weight excluding hydrogens is 295 g/mol. The van der Waals surface area contributed by atoms with Gasteiger partial charge in [0.05, 0.1) is 0 Å². The minimum absolute atomic E-state index is 0.538. The average molecular weight is 309 g/mol. The molecule has 0 spiro atoms. The normalized spacial score (nSPS) is 16.0. The van der Waals surface area contributed by atoms with Crippen LogP contribution >= 0.6 is 0 Å². The Morgan fingerprint density at radius 2 is 1.50 bits per heavy atom. The van der Waals surface area contributed by atoms with E-state index in [4.69, 9.17) is 0 Å². The zero-order valence-electron chi connectivity index (χ0n) is 11.7. The van der Waals surface area contributed by atoms with E-state index >= 15 is 0 Å². The van der Waals surface area contributed by atoms with Crippen molar-refractivity contribution < 1.29 is 13.2 Å². The highest BCUT2D eigenvalue weighted by molar-refractivity contribution is 5.49. The second kappa shape index (κ2) is 5.78. The largest absolute Gasteiger partial charge is 0.433 e. The predicted octanol–water partition coefficient (Wildman–Crippen LogP) is 2.22. The van der Waals surface area contributed by atoms with Crippen molar-refractivity contribution >= 4 is 11.6 Å². The van der Waals surface area contributed by atoms with Gasteiger partial charge in [-0.3, -0.25) is 4.98 Å². The summed E-state index contributed by atoms with van der Waals surface area (Å²) in [6, 6.07) is 4.44. The molecule has 0 bridgehead atoms. The third-order valence-electron chi connectivity index (χ3n) is 3.51. The third-order valence-corrected chi connectivity index (χ3v) is 3.51. The van der Waals surface area contributed by atoms with Gasteiger partial charge in [0.2, 0.25) is 5.95 Å². The Morgan fingerprint density at radius 3 is 2.14 bits per heavy atom. The van der Waals surface area contributed by atoms with Crippen LogP contribution in [0.2, 0.25) is 0 Å². The molecule has 22 heavy (non-hydrogen) atoms. The van der Waals surface area contributed by atoms with Gasteiger partial charge in [0.1, 0.15) is 5.69 Å². The number of alkyl halides is 3. The van der Waals surface area contributed by atoms with E-state index in [1.165, 1.54) is 6.20 Å². The van der Waals surface area contributed by atoms with Crippen molar-refractivity contribution in [1.29, 1.82) is 0 Å². The van der Waals surface area contributed by atoms with Crippen LogP contribution in [0.4, 0.5) is 24.8 Å². The van der Waals surface area contributed by atoms with Crippen molar-refractivity contribution in [3.8, 4) is 0 Å². The van der Waals surface area contributed by atoms with E-state index in [1.54, 1.807) is 24.5 Å². The van der Waals surface area contributed by atoms with Gasteiger partial charge in [-0.2, -0.15) is 13.2 Å². The van der Waals surface area contributed by atoms with Crippen LogP contribution in [-0.4, -0.2) is 41.1 Å². The molecule has 0 amide bonds. The first-order valence-corrected chi connectivity index (χ1v) is 6.84. The highest BCUT2D eigenvalue weighted by atomic mass is 19.4. The van der Waals surface area contributed by atoms with Crippen LogP contribution in [0.1, 0.15) is 5.69 Å². The van der Waals surface area contributed by atoms with Crippen LogP contribution in [-0.2, 0) is 6.18 Å². The molecule has 0 saturated carbocycles. The van der Waals surface area contributed by atoms with Crippen molar-refractivity contribution in [2.45, 2.75) is 6.18 Å². The van der Waals surface area contributed by atoms with Gasteiger partial charge in [0.25, 0.3) is 0 Å². The van der Waals surface area contributed by atoms with E-state index in [0.29, 0.717) is 37.8 Å². The molecule has 2 aromatic rings. The number of nitrogens with zero attached hydrogens (tertiary/aromatic N) is 5. The molecule has 5 nitrogen and oxygen atoms in total. The summed E-state index contributed by atoms with van der Waals surface area (Å²) in [5.74, 6) is 0.646. The van der Waals surface area contributed by atoms with Gasteiger partial charge >= 0.3 is 6.18 Å². The fourth-order valence-electron chi connectivity index (χ4n) is 2.39. The van der Waals surface area contributed by atoms with Gasteiger partial charge in [-0.15, -0.1) is 0 Å². The van der Waals surface area contributed by atoms with Crippen LogP contribution in [0.25, 0.3) is 0 Å². The Morgan fingerprint density at radius 1 is 0.864 bits per heavy atom. The molecule has 0 aliphatic carbocycles. The first-order valence-electron chi connectivity index (χ1n) is 6.84. The van der Waals surface area contributed by atoms with Crippen molar-refractivity contribution in [3.05, 3.63) is 42.5 Å². The van der Waals surface area contributed by atoms with E-state index in [0.717, 1.165) is 6.07 Å². The lowest BCUT2D eigenvalue weighted by molar-refractivity contribution is -0.141. The van der Waals surface area contributed by atoms with Crippen molar-refractivity contribution in [2.24, 2.45) is 0 Å². The average Bonchev–Trinajstić information content (AvgIpc) is 2.55. The number of anilines is 2. The Bertz CT molecular complexity index is 624. The number of hydrogen-bond donors (Lipinski definition) is 0. The molecule has 1 aliphatic rings. The van der Waals surface area contributed by atoms with Crippen LogP contribution < -0.4 is 9.80 Å².